The summed E-state index contributed by atoms with van der Waals surface area (Å²) in [5.74, 6) is 0.275. The van der Waals surface area contributed by atoms with Gasteiger partial charge in [-0.2, -0.15) is 0 Å². The van der Waals surface area contributed by atoms with Crippen molar-refractivity contribution in [3.05, 3.63) is 47.0 Å². The van der Waals surface area contributed by atoms with E-state index in [1.807, 2.05) is 19.1 Å². The van der Waals surface area contributed by atoms with Gasteiger partial charge in [0.2, 0.25) is 0 Å². The third-order valence-electron chi connectivity index (χ3n) is 2.77. The zero-order valence-electron chi connectivity index (χ0n) is 11.0. The smallest absolute Gasteiger partial charge is 0.333 e. The molecule has 0 radical (unpaired) electrons. The number of hydrogen-bond acceptors (Lipinski definition) is 2. The van der Waals surface area contributed by atoms with Crippen molar-refractivity contribution in [2.75, 3.05) is 0 Å². The molecule has 0 saturated heterocycles. The summed E-state index contributed by atoms with van der Waals surface area (Å²) in [4.78, 5) is 11.4. The quantitative estimate of drug-likeness (QED) is 0.582. The van der Waals surface area contributed by atoms with Gasteiger partial charge in [-0.3, -0.25) is 0 Å². The van der Waals surface area contributed by atoms with Crippen LogP contribution in [-0.4, -0.2) is 5.97 Å². The standard InChI is InChI=1S/C15H20O2/c1-5-12(4)15(16)17-10-13-6-8-14(9-7-13)11(2)3/h5-9,11H,10H2,1-4H3/b12-5-. The van der Waals surface area contributed by atoms with Crippen molar-refractivity contribution in [1.29, 1.82) is 0 Å². The molecular formula is C15H20O2. The van der Waals surface area contributed by atoms with Crippen LogP contribution in [0, 0.1) is 0 Å². The van der Waals surface area contributed by atoms with Gasteiger partial charge in [-0.05, 0) is 30.9 Å². The molecule has 92 valence electrons. The lowest BCUT2D eigenvalue weighted by Crippen LogP contribution is -2.05. The molecule has 0 saturated carbocycles. The van der Waals surface area contributed by atoms with Gasteiger partial charge in [0.15, 0.2) is 0 Å². The van der Waals surface area contributed by atoms with E-state index in [1.165, 1.54) is 5.56 Å². The fourth-order valence-electron chi connectivity index (χ4n) is 1.38. The summed E-state index contributed by atoms with van der Waals surface area (Å²) in [6.07, 6.45) is 1.75. The molecule has 0 spiro atoms. The molecule has 0 aliphatic carbocycles. The van der Waals surface area contributed by atoms with Crippen LogP contribution in [0.1, 0.15) is 44.7 Å². The first-order valence-electron chi connectivity index (χ1n) is 5.93. The highest BCUT2D eigenvalue weighted by atomic mass is 16.5. The second-order valence-electron chi connectivity index (χ2n) is 4.44. The maximum atomic E-state index is 11.4. The van der Waals surface area contributed by atoms with Gasteiger partial charge in [0.25, 0.3) is 0 Å². The van der Waals surface area contributed by atoms with E-state index >= 15 is 0 Å². The number of esters is 1. The summed E-state index contributed by atoms with van der Waals surface area (Å²) in [6, 6.07) is 8.17. The summed E-state index contributed by atoms with van der Waals surface area (Å²) in [6.45, 7) is 8.23. The lowest BCUT2D eigenvalue weighted by atomic mass is 10.0. The predicted octanol–water partition coefficient (Wildman–Crippen LogP) is 3.82. The maximum Gasteiger partial charge on any atom is 0.333 e. The lowest BCUT2D eigenvalue weighted by molar-refractivity contribution is -0.140. The third kappa shape index (κ3) is 4.06. The lowest BCUT2D eigenvalue weighted by Gasteiger charge is -2.08. The zero-order valence-corrected chi connectivity index (χ0v) is 11.0. The first-order valence-corrected chi connectivity index (χ1v) is 5.93. The molecule has 2 nitrogen and oxygen atoms in total. The molecule has 1 aromatic rings. The molecule has 1 rings (SSSR count). The van der Waals surface area contributed by atoms with Gasteiger partial charge in [0.1, 0.15) is 6.61 Å². The van der Waals surface area contributed by atoms with Crippen molar-refractivity contribution in [3.8, 4) is 0 Å². The first kappa shape index (κ1) is 13.5. The molecule has 0 aromatic heterocycles. The van der Waals surface area contributed by atoms with Crippen LogP contribution < -0.4 is 0 Å². The molecular weight excluding hydrogens is 212 g/mol. The highest BCUT2D eigenvalue weighted by Gasteiger charge is 2.05. The second kappa shape index (κ2) is 6.24. The van der Waals surface area contributed by atoms with Gasteiger partial charge in [-0.1, -0.05) is 44.2 Å². The van der Waals surface area contributed by atoms with Crippen LogP contribution in [-0.2, 0) is 16.1 Å². The topological polar surface area (TPSA) is 26.3 Å². The molecule has 0 fully saturated rings. The number of rotatable bonds is 4. The average molecular weight is 232 g/mol. The van der Waals surface area contributed by atoms with E-state index in [1.54, 1.807) is 13.0 Å². The minimum atomic E-state index is -0.250. The number of hydrogen-bond donors (Lipinski definition) is 0. The van der Waals surface area contributed by atoms with Crippen molar-refractivity contribution in [2.24, 2.45) is 0 Å². The Labute approximate surface area is 103 Å². The number of ether oxygens (including phenoxy) is 1. The second-order valence-corrected chi connectivity index (χ2v) is 4.44. The predicted molar refractivity (Wildman–Crippen MR) is 69.8 cm³/mol. The van der Waals surface area contributed by atoms with Crippen molar-refractivity contribution in [1.82, 2.24) is 0 Å². The van der Waals surface area contributed by atoms with Crippen LogP contribution in [0.15, 0.2) is 35.9 Å². The molecule has 2 heteroatoms. The molecule has 0 N–H and O–H groups in total. The maximum absolute atomic E-state index is 11.4. The summed E-state index contributed by atoms with van der Waals surface area (Å²) >= 11 is 0. The van der Waals surface area contributed by atoms with Crippen molar-refractivity contribution in [3.63, 3.8) is 0 Å². The fourth-order valence-corrected chi connectivity index (χ4v) is 1.38. The van der Waals surface area contributed by atoms with Gasteiger partial charge in [-0.15, -0.1) is 0 Å². The Kier molecular flexibility index (Phi) is 4.95. The third-order valence-corrected chi connectivity index (χ3v) is 2.77. The minimum absolute atomic E-state index is 0.250. The molecule has 0 aliphatic heterocycles. The minimum Gasteiger partial charge on any atom is -0.457 e. The van der Waals surface area contributed by atoms with Crippen molar-refractivity contribution >= 4 is 5.97 Å². The van der Waals surface area contributed by atoms with E-state index in [0.717, 1.165) is 5.56 Å². The average Bonchev–Trinajstić information content (AvgIpc) is 2.35. The van der Waals surface area contributed by atoms with E-state index in [4.69, 9.17) is 4.74 Å². The summed E-state index contributed by atoms with van der Waals surface area (Å²) in [7, 11) is 0. The molecule has 1 aromatic carbocycles. The van der Waals surface area contributed by atoms with E-state index in [0.29, 0.717) is 18.1 Å². The highest BCUT2D eigenvalue weighted by Crippen LogP contribution is 2.15. The number of carbonyl (C=O) groups excluding carboxylic acids is 1. The monoisotopic (exact) mass is 232 g/mol. The van der Waals surface area contributed by atoms with E-state index in [-0.39, 0.29) is 5.97 Å². The van der Waals surface area contributed by atoms with E-state index in [9.17, 15) is 4.79 Å². The summed E-state index contributed by atoms with van der Waals surface area (Å²) < 4.78 is 5.17. The Hall–Kier alpha value is -1.57. The Bertz CT molecular complexity index is 399. The molecule has 0 atom stereocenters. The van der Waals surface area contributed by atoms with Crippen molar-refractivity contribution in [2.45, 2.75) is 40.2 Å². The van der Waals surface area contributed by atoms with E-state index < -0.39 is 0 Å². The Morgan fingerprint density at radius 2 is 1.88 bits per heavy atom. The van der Waals surface area contributed by atoms with Crippen LogP contribution in [0.25, 0.3) is 0 Å². The van der Waals surface area contributed by atoms with Crippen LogP contribution in [0.3, 0.4) is 0 Å². The Morgan fingerprint density at radius 1 is 1.29 bits per heavy atom. The van der Waals surface area contributed by atoms with Crippen LogP contribution in [0.2, 0.25) is 0 Å². The Balaban J connectivity index is 2.56. The molecule has 0 heterocycles. The van der Waals surface area contributed by atoms with Gasteiger partial charge in [-0.25, -0.2) is 4.79 Å². The summed E-state index contributed by atoms with van der Waals surface area (Å²) in [5, 5.41) is 0. The molecule has 0 aliphatic rings. The van der Waals surface area contributed by atoms with Crippen LogP contribution >= 0.6 is 0 Å². The molecule has 0 amide bonds. The fraction of sp³-hybridized carbons (Fsp3) is 0.400. The molecule has 0 bridgehead atoms. The van der Waals surface area contributed by atoms with Gasteiger partial charge < -0.3 is 4.74 Å². The Morgan fingerprint density at radius 3 is 2.35 bits per heavy atom. The summed E-state index contributed by atoms with van der Waals surface area (Å²) in [5.41, 5.74) is 2.96. The van der Waals surface area contributed by atoms with Gasteiger partial charge in [0, 0.05) is 5.57 Å². The molecule has 0 unspecified atom stereocenters. The SMILES string of the molecule is C/C=C(/C)C(=O)OCc1ccc(C(C)C)cc1. The van der Waals surface area contributed by atoms with Crippen molar-refractivity contribution < 1.29 is 9.53 Å². The number of benzene rings is 1. The normalized spacial score (nSPS) is 11.7. The van der Waals surface area contributed by atoms with E-state index in [2.05, 4.69) is 26.0 Å². The highest BCUT2D eigenvalue weighted by molar-refractivity contribution is 5.87. The van der Waals surface area contributed by atoms with Gasteiger partial charge >= 0.3 is 5.97 Å². The molecule has 17 heavy (non-hydrogen) atoms. The number of carbonyl (C=O) groups is 1. The largest absolute Gasteiger partial charge is 0.457 e. The van der Waals surface area contributed by atoms with Gasteiger partial charge in [0.05, 0.1) is 0 Å². The van der Waals surface area contributed by atoms with Crippen LogP contribution in [0.5, 0.6) is 0 Å². The number of allylic oxidation sites excluding steroid dienone is 1. The first-order chi connectivity index (χ1) is 8.04. The zero-order chi connectivity index (χ0) is 12.8. The van der Waals surface area contributed by atoms with Crippen LogP contribution in [0.4, 0.5) is 0 Å².